The second-order valence-corrected chi connectivity index (χ2v) is 6.63. The van der Waals surface area contributed by atoms with Gasteiger partial charge in [-0.2, -0.15) is 0 Å². The number of rotatable bonds is 7. The van der Waals surface area contributed by atoms with Gasteiger partial charge >= 0.3 is 0 Å². The molecule has 0 fully saturated rings. The average Bonchev–Trinajstić information content (AvgIpc) is 2.54. The number of sulfonamides is 1. The molecule has 2 rings (SSSR count). The molecule has 0 aliphatic carbocycles. The van der Waals surface area contributed by atoms with Gasteiger partial charge in [-0.25, -0.2) is 17.5 Å². The lowest BCUT2D eigenvalue weighted by molar-refractivity contribution is -0.121. The highest BCUT2D eigenvalue weighted by Crippen LogP contribution is 2.07. The summed E-state index contributed by atoms with van der Waals surface area (Å²) in [5.74, 6) is -0.683. The highest BCUT2D eigenvalue weighted by Gasteiger charge is 2.13. The van der Waals surface area contributed by atoms with Crippen LogP contribution in [-0.2, 0) is 21.4 Å². The van der Waals surface area contributed by atoms with Crippen LogP contribution in [-0.4, -0.2) is 20.9 Å². The van der Waals surface area contributed by atoms with Crippen LogP contribution in [0.2, 0.25) is 0 Å². The van der Waals surface area contributed by atoms with Crippen molar-refractivity contribution in [2.24, 2.45) is 0 Å². The number of carbonyl (C=O) groups is 1. The van der Waals surface area contributed by atoms with E-state index in [1.807, 2.05) is 0 Å². The Kier molecular flexibility index (Phi) is 5.84. The van der Waals surface area contributed by atoms with Crippen LogP contribution in [0.5, 0.6) is 0 Å². The smallest absolute Gasteiger partial charge is 0.240 e. The topological polar surface area (TPSA) is 75.3 Å². The Bertz CT molecular complexity index is 764. The van der Waals surface area contributed by atoms with Crippen molar-refractivity contribution in [3.8, 4) is 0 Å². The van der Waals surface area contributed by atoms with E-state index in [2.05, 4.69) is 10.0 Å². The van der Waals surface area contributed by atoms with Crippen molar-refractivity contribution in [2.45, 2.75) is 17.9 Å². The number of amides is 1. The molecule has 0 aromatic heterocycles. The predicted octanol–water partition coefficient (Wildman–Crippen LogP) is 1.81. The van der Waals surface area contributed by atoms with Crippen LogP contribution >= 0.6 is 0 Å². The molecule has 5 nitrogen and oxygen atoms in total. The molecule has 0 spiro atoms. The third kappa shape index (κ3) is 5.46. The van der Waals surface area contributed by atoms with E-state index in [-0.39, 0.29) is 36.1 Å². The summed E-state index contributed by atoms with van der Waals surface area (Å²) in [6.45, 7) is 0.189. The standard InChI is InChI=1S/C16H17FN2O3S/c17-14-6-4-5-13(11-14)12-18-16(20)9-10-19-23(21,22)15-7-2-1-3-8-15/h1-8,11,19H,9-10,12H2,(H,18,20). The zero-order chi connectivity index (χ0) is 16.7. The summed E-state index contributed by atoms with van der Waals surface area (Å²) in [6, 6.07) is 13.8. The third-order valence-electron chi connectivity index (χ3n) is 3.08. The van der Waals surface area contributed by atoms with Gasteiger partial charge in [0.1, 0.15) is 5.82 Å². The molecule has 2 N–H and O–H groups in total. The van der Waals surface area contributed by atoms with Crippen molar-refractivity contribution in [1.82, 2.24) is 10.0 Å². The van der Waals surface area contributed by atoms with E-state index < -0.39 is 10.0 Å². The van der Waals surface area contributed by atoms with Gasteiger partial charge in [-0.1, -0.05) is 30.3 Å². The summed E-state index contributed by atoms with van der Waals surface area (Å²) >= 11 is 0. The minimum absolute atomic E-state index is 0.00137. The van der Waals surface area contributed by atoms with E-state index in [0.717, 1.165) is 0 Å². The molecule has 23 heavy (non-hydrogen) atoms. The van der Waals surface area contributed by atoms with Gasteiger partial charge < -0.3 is 5.32 Å². The first-order valence-corrected chi connectivity index (χ1v) is 8.51. The van der Waals surface area contributed by atoms with E-state index in [0.29, 0.717) is 5.56 Å². The van der Waals surface area contributed by atoms with Gasteiger partial charge in [-0.15, -0.1) is 0 Å². The molecule has 0 saturated carbocycles. The summed E-state index contributed by atoms with van der Waals surface area (Å²) in [6.07, 6.45) is 0.00137. The quantitative estimate of drug-likeness (QED) is 0.810. The number of nitrogens with one attached hydrogen (secondary N) is 2. The first-order chi connectivity index (χ1) is 11.0. The molecule has 0 aliphatic rings. The number of benzene rings is 2. The molecule has 0 heterocycles. The van der Waals surface area contributed by atoms with Crippen LogP contribution in [0.4, 0.5) is 4.39 Å². The maximum absolute atomic E-state index is 13.0. The monoisotopic (exact) mass is 336 g/mol. The maximum Gasteiger partial charge on any atom is 0.240 e. The van der Waals surface area contributed by atoms with Crippen LogP contribution in [0.25, 0.3) is 0 Å². The lowest BCUT2D eigenvalue weighted by Crippen LogP contribution is -2.30. The Morgan fingerprint density at radius 1 is 1.04 bits per heavy atom. The van der Waals surface area contributed by atoms with Crippen molar-refractivity contribution in [2.75, 3.05) is 6.54 Å². The summed E-state index contributed by atoms with van der Waals surface area (Å²) < 4.78 is 39.3. The molecule has 0 saturated heterocycles. The molecule has 1 amide bonds. The summed E-state index contributed by atoms with van der Waals surface area (Å²) in [4.78, 5) is 11.8. The second kappa shape index (κ2) is 7.85. The van der Waals surface area contributed by atoms with Crippen molar-refractivity contribution in [3.63, 3.8) is 0 Å². The molecular weight excluding hydrogens is 319 g/mol. The molecule has 7 heteroatoms. The average molecular weight is 336 g/mol. The minimum Gasteiger partial charge on any atom is -0.352 e. The van der Waals surface area contributed by atoms with Crippen LogP contribution < -0.4 is 10.0 Å². The van der Waals surface area contributed by atoms with Gasteiger partial charge in [0.2, 0.25) is 15.9 Å². The van der Waals surface area contributed by atoms with Crippen molar-refractivity contribution in [1.29, 1.82) is 0 Å². The highest BCUT2D eigenvalue weighted by atomic mass is 32.2. The van der Waals surface area contributed by atoms with E-state index >= 15 is 0 Å². The summed E-state index contributed by atoms with van der Waals surface area (Å²) in [5.41, 5.74) is 0.642. The van der Waals surface area contributed by atoms with Crippen molar-refractivity contribution in [3.05, 3.63) is 66.0 Å². The first-order valence-electron chi connectivity index (χ1n) is 7.03. The predicted molar refractivity (Wildman–Crippen MR) is 84.5 cm³/mol. The Morgan fingerprint density at radius 2 is 1.78 bits per heavy atom. The van der Waals surface area contributed by atoms with Gasteiger partial charge in [-0.3, -0.25) is 4.79 Å². The number of carbonyl (C=O) groups excluding carboxylic acids is 1. The normalized spacial score (nSPS) is 11.2. The van der Waals surface area contributed by atoms with Crippen molar-refractivity contribution >= 4 is 15.9 Å². The van der Waals surface area contributed by atoms with E-state index in [1.54, 1.807) is 30.3 Å². The van der Waals surface area contributed by atoms with E-state index in [4.69, 9.17) is 0 Å². The molecule has 0 aliphatic heterocycles. The molecule has 2 aromatic rings. The zero-order valence-electron chi connectivity index (χ0n) is 12.3. The summed E-state index contributed by atoms with van der Waals surface area (Å²) in [7, 11) is -3.61. The Hall–Kier alpha value is -2.25. The Morgan fingerprint density at radius 3 is 2.48 bits per heavy atom. The van der Waals surface area contributed by atoms with E-state index in [1.165, 1.54) is 24.3 Å². The van der Waals surface area contributed by atoms with Gasteiger partial charge in [0.15, 0.2) is 0 Å². The molecule has 0 atom stereocenters. The van der Waals surface area contributed by atoms with Crippen LogP contribution in [0.3, 0.4) is 0 Å². The fourth-order valence-electron chi connectivity index (χ4n) is 1.92. The van der Waals surface area contributed by atoms with Gasteiger partial charge in [-0.05, 0) is 29.8 Å². The molecule has 0 unspecified atom stereocenters. The highest BCUT2D eigenvalue weighted by molar-refractivity contribution is 7.89. The van der Waals surface area contributed by atoms with E-state index in [9.17, 15) is 17.6 Å². The molecule has 0 bridgehead atoms. The first kappa shape index (κ1) is 17.1. The lowest BCUT2D eigenvalue weighted by atomic mass is 10.2. The Labute approximate surface area is 134 Å². The van der Waals surface area contributed by atoms with Crippen LogP contribution in [0.1, 0.15) is 12.0 Å². The fraction of sp³-hybridized carbons (Fsp3) is 0.188. The maximum atomic E-state index is 13.0. The Balaban J connectivity index is 1.77. The van der Waals surface area contributed by atoms with Crippen molar-refractivity contribution < 1.29 is 17.6 Å². The largest absolute Gasteiger partial charge is 0.352 e. The molecular formula is C16H17FN2O3S. The second-order valence-electron chi connectivity index (χ2n) is 4.87. The molecule has 122 valence electrons. The summed E-state index contributed by atoms with van der Waals surface area (Å²) in [5, 5.41) is 2.61. The minimum atomic E-state index is -3.61. The zero-order valence-corrected chi connectivity index (χ0v) is 13.1. The number of hydrogen-bond donors (Lipinski definition) is 2. The van der Waals surface area contributed by atoms with Gasteiger partial charge in [0.25, 0.3) is 0 Å². The third-order valence-corrected chi connectivity index (χ3v) is 4.55. The molecule has 0 radical (unpaired) electrons. The number of hydrogen-bond acceptors (Lipinski definition) is 3. The van der Waals surface area contributed by atoms with Crippen LogP contribution in [0, 0.1) is 5.82 Å². The fourth-order valence-corrected chi connectivity index (χ4v) is 2.97. The van der Waals surface area contributed by atoms with Gasteiger partial charge in [0.05, 0.1) is 4.90 Å². The molecule has 2 aromatic carbocycles. The van der Waals surface area contributed by atoms with Gasteiger partial charge in [0, 0.05) is 19.5 Å². The SMILES string of the molecule is O=C(CCNS(=O)(=O)c1ccccc1)NCc1cccc(F)c1. The van der Waals surface area contributed by atoms with Crippen LogP contribution in [0.15, 0.2) is 59.5 Å². The number of halogens is 1. The lowest BCUT2D eigenvalue weighted by Gasteiger charge is -2.08.